The SMILES string of the molecule is O=[N+]([O-])c1cn2c(n1)OC(COc1ccc(OCC3CCN(Cc4ccc(OC(F)(F)F)cc4)CC3)cc1)CC2. The molecule has 0 radical (unpaired) electrons. The van der Waals surface area contributed by atoms with Gasteiger partial charge in [-0.1, -0.05) is 12.1 Å². The van der Waals surface area contributed by atoms with E-state index in [1.165, 1.54) is 18.3 Å². The number of benzene rings is 2. The molecule has 2 aromatic carbocycles. The summed E-state index contributed by atoms with van der Waals surface area (Å²) in [6.07, 6.45) is -0.965. The van der Waals surface area contributed by atoms with Crippen LogP contribution in [0.15, 0.2) is 54.7 Å². The summed E-state index contributed by atoms with van der Waals surface area (Å²) in [6, 6.07) is 13.6. The number of hydrogen-bond donors (Lipinski definition) is 0. The van der Waals surface area contributed by atoms with Crippen LogP contribution in [-0.4, -0.2) is 58.1 Å². The molecule has 10 nitrogen and oxygen atoms in total. The van der Waals surface area contributed by atoms with Gasteiger partial charge in [-0.05, 0) is 78.7 Å². The van der Waals surface area contributed by atoms with Crippen molar-refractivity contribution < 1.29 is 37.0 Å². The molecule has 0 N–H and O–H groups in total. The van der Waals surface area contributed by atoms with E-state index < -0.39 is 11.3 Å². The Labute approximate surface area is 228 Å². The Balaban J connectivity index is 0.996. The van der Waals surface area contributed by atoms with Gasteiger partial charge in [-0.2, -0.15) is 0 Å². The van der Waals surface area contributed by atoms with Crippen molar-refractivity contribution in [1.82, 2.24) is 14.5 Å². The summed E-state index contributed by atoms with van der Waals surface area (Å²) >= 11 is 0. The lowest BCUT2D eigenvalue weighted by Crippen LogP contribution is -2.35. The van der Waals surface area contributed by atoms with Crippen LogP contribution in [0.4, 0.5) is 19.0 Å². The smallest absolute Gasteiger partial charge is 0.493 e. The number of imidazole rings is 1. The van der Waals surface area contributed by atoms with Crippen molar-refractivity contribution in [3.8, 4) is 23.3 Å². The summed E-state index contributed by atoms with van der Waals surface area (Å²) < 4.78 is 60.1. The zero-order valence-electron chi connectivity index (χ0n) is 21.6. The lowest BCUT2D eigenvalue weighted by atomic mass is 9.97. The van der Waals surface area contributed by atoms with Crippen LogP contribution >= 0.6 is 0 Å². The Kier molecular flexibility index (Phi) is 8.29. The van der Waals surface area contributed by atoms with Gasteiger partial charge in [0.15, 0.2) is 0 Å². The van der Waals surface area contributed by atoms with E-state index in [4.69, 9.17) is 14.2 Å². The van der Waals surface area contributed by atoms with Gasteiger partial charge in [0.2, 0.25) is 0 Å². The van der Waals surface area contributed by atoms with Crippen molar-refractivity contribution in [2.24, 2.45) is 5.92 Å². The van der Waals surface area contributed by atoms with Gasteiger partial charge >= 0.3 is 18.2 Å². The van der Waals surface area contributed by atoms with Crippen LogP contribution < -0.4 is 18.9 Å². The molecule has 3 aromatic rings. The van der Waals surface area contributed by atoms with E-state index in [0.717, 1.165) is 37.2 Å². The van der Waals surface area contributed by atoms with E-state index in [1.807, 2.05) is 24.3 Å². The molecular weight excluding hydrogens is 533 g/mol. The number of nitrogens with zero attached hydrogens (tertiary/aromatic N) is 4. The largest absolute Gasteiger partial charge is 0.573 e. The zero-order chi connectivity index (χ0) is 28.1. The molecular formula is C27H29F3N4O6. The van der Waals surface area contributed by atoms with Crippen molar-refractivity contribution in [2.75, 3.05) is 26.3 Å². The highest BCUT2D eigenvalue weighted by Crippen LogP contribution is 2.27. The number of likely N-dealkylation sites (tertiary alicyclic amines) is 1. The second kappa shape index (κ2) is 12.0. The van der Waals surface area contributed by atoms with Crippen molar-refractivity contribution in [3.05, 3.63) is 70.4 Å². The summed E-state index contributed by atoms with van der Waals surface area (Å²) in [5, 5.41) is 10.9. The molecule has 1 atom stereocenters. The van der Waals surface area contributed by atoms with Crippen molar-refractivity contribution in [3.63, 3.8) is 0 Å². The summed E-state index contributed by atoms with van der Waals surface area (Å²) in [4.78, 5) is 16.5. The van der Waals surface area contributed by atoms with Crippen LogP contribution in [0.2, 0.25) is 0 Å². The van der Waals surface area contributed by atoms with Gasteiger partial charge in [0, 0.05) is 24.5 Å². The molecule has 1 fully saturated rings. The fraction of sp³-hybridized carbons (Fsp3) is 0.444. The minimum Gasteiger partial charge on any atom is -0.493 e. The van der Waals surface area contributed by atoms with Gasteiger partial charge in [0.1, 0.15) is 36.2 Å². The molecule has 40 heavy (non-hydrogen) atoms. The Bertz CT molecular complexity index is 1270. The second-order valence-corrected chi connectivity index (χ2v) is 9.87. The molecule has 0 aliphatic carbocycles. The number of aromatic nitrogens is 2. The first-order chi connectivity index (χ1) is 19.2. The highest BCUT2D eigenvalue weighted by Gasteiger charge is 2.31. The second-order valence-electron chi connectivity index (χ2n) is 9.87. The molecule has 1 unspecified atom stereocenters. The molecule has 0 spiro atoms. The molecule has 1 aromatic heterocycles. The lowest BCUT2D eigenvalue weighted by Gasteiger charge is -2.31. The normalized spacial score (nSPS) is 18.0. The maximum atomic E-state index is 12.3. The molecule has 0 amide bonds. The van der Waals surface area contributed by atoms with Crippen LogP contribution in [0, 0.1) is 16.0 Å². The topological polar surface area (TPSA) is 101 Å². The third-order valence-corrected chi connectivity index (χ3v) is 6.89. The van der Waals surface area contributed by atoms with Gasteiger partial charge in [0.05, 0.1) is 6.61 Å². The van der Waals surface area contributed by atoms with Crippen molar-refractivity contribution >= 4 is 5.82 Å². The third-order valence-electron chi connectivity index (χ3n) is 6.89. The van der Waals surface area contributed by atoms with E-state index in [0.29, 0.717) is 44.4 Å². The van der Waals surface area contributed by atoms with E-state index in [2.05, 4.69) is 14.6 Å². The number of alkyl halides is 3. The fourth-order valence-electron chi connectivity index (χ4n) is 4.74. The predicted octanol–water partition coefficient (Wildman–Crippen LogP) is 5.21. The van der Waals surface area contributed by atoms with Gasteiger partial charge in [-0.25, -0.2) is 0 Å². The highest BCUT2D eigenvalue weighted by atomic mass is 19.4. The van der Waals surface area contributed by atoms with Crippen LogP contribution in [0.25, 0.3) is 0 Å². The molecule has 0 saturated carbocycles. The van der Waals surface area contributed by atoms with E-state index in [9.17, 15) is 23.3 Å². The van der Waals surface area contributed by atoms with Crippen LogP contribution in [-0.2, 0) is 13.1 Å². The molecule has 2 aliphatic rings. The average molecular weight is 563 g/mol. The van der Waals surface area contributed by atoms with E-state index in [-0.39, 0.29) is 23.7 Å². The maximum Gasteiger partial charge on any atom is 0.573 e. The minimum atomic E-state index is -4.69. The van der Waals surface area contributed by atoms with Crippen LogP contribution in [0.5, 0.6) is 23.3 Å². The van der Waals surface area contributed by atoms with Gasteiger partial charge in [-0.15, -0.1) is 13.2 Å². The number of aryl methyl sites for hydroxylation is 1. The molecule has 5 rings (SSSR count). The molecule has 0 bridgehead atoms. The predicted molar refractivity (Wildman–Crippen MR) is 136 cm³/mol. The number of ether oxygens (including phenoxy) is 4. The number of halogens is 3. The van der Waals surface area contributed by atoms with Crippen LogP contribution in [0.3, 0.4) is 0 Å². The minimum absolute atomic E-state index is 0.214. The van der Waals surface area contributed by atoms with Gasteiger partial charge in [0.25, 0.3) is 0 Å². The highest BCUT2D eigenvalue weighted by molar-refractivity contribution is 5.31. The van der Waals surface area contributed by atoms with Crippen molar-refractivity contribution in [1.29, 1.82) is 0 Å². The Morgan fingerprint density at radius 3 is 2.17 bits per heavy atom. The fourth-order valence-corrected chi connectivity index (χ4v) is 4.74. The Morgan fingerprint density at radius 2 is 1.55 bits per heavy atom. The van der Waals surface area contributed by atoms with Gasteiger partial charge < -0.3 is 29.1 Å². The van der Waals surface area contributed by atoms with Gasteiger partial charge in [-0.3, -0.25) is 9.47 Å². The molecule has 3 heterocycles. The third kappa shape index (κ3) is 7.56. The zero-order valence-corrected chi connectivity index (χ0v) is 21.6. The lowest BCUT2D eigenvalue weighted by molar-refractivity contribution is -0.389. The monoisotopic (exact) mass is 562 g/mol. The summed E-state index contributed by atoms with van der Waals surface area (Å²) in [5.41, 5.74) is 0.942. The molecule has 13 heteroatoms. The average Bonchev–Trinajstić information content (AvgIpc) is 3.37. The first-order valence-electron chi connectivity index (χ1n) is 13.0. The first kappa shape index (κ1) is 27.6. The standard InChI is InChI=1S/C27H29F3N4O6/c28-27(29,30)40-23-3-1-19(2-4-23)15-32-12-9-20(10-13-32)17-37-21-5-7-22(8-6-21)38-18-24-11-14-33-16-25(34(35)36)31-26(33)39-24/h1-8,16,20,24H,9-15,17-18H2. The summed E-state index contributed by atoms with van der Waals surface area (Å²) in [5.74, 6) is 1.39. The quantitative estimate of drug-likeness (QED) is 0.245. The maximum absolute atomic E-state index is 12.3. The Hall–Kier alpha value is -4.00. The Morgan fingerprint density at radius 1 is 0.925 bits per heavy atom. The molecule has 1 saturated heterocycles. The van der Waals surface area contributed by atoms with Crippen molar-refractivity contribution in [2.45, 2.75) is 44.8 Å². The summed E-state index contributed by atoms with van der Waals surface area (Å²) in [7, 11) is 0. The number of piperidine rings is 1. The number of fused-ring (bicyclic) bond motifs is 1. The number of nitro groups is 1. The molecule has 214 valence electrons. The molecule has 2 aliphatic heterocycles. The first-order valence-corrected chi connectivity index (χ1v) is 13.0. The van der Waals surface area contributed by atoms with E-state index in [1.54, 1.807) is 16.7 Å². The number of hydrogen-bond acceptors (Lipinski definition) is 8. The van der Waals surface area contributed by atoms with E-state index >= 15 is 0 Å². The number of rotatable bonds is 10. The van der Waals surface area contributed by atoms with Crippen LogP contribution in [0.1, 0.15) is 24.8 Å². The summed E-state index contributed by atoms with van der Waals surface area (Å²) in [6.45, 7) is 3.92.